The maximum Gasteiger partial charge on any atom is 0.233 e. The Bertz CT molecular complexity index is 955. The fraction of sp³-hybridized carbons (Fsp3) is 0.500. The van der Waals surface area contributed by atoms with Crippen LogP contribution >= 0.6 is 0 Å². The molecule has 0 aromatic heterocycles. The second-order valence-electron chi connectivity index (χ2n) is 8.43. The highest BCUT2D eigenvalue weighted by Gasteiger charge is 2.25. The predicted octanol–water partition coefficient (Wildman–Crippen LogP) is 4.06. The normalized spacial score (nSPS) is 21.9. The molecule has 2 aliphatic heterocycles. The van der Waals surface area contributed by atoms with Crippen LogP contribution in [0.2, 0.25) is 0 Å². The molecule has 4 rings (SSSR count). The minimum atomic E-state index is -0.120. The summed E-state index contributed by atoms with van der Waals surface area (Å²) in [5, 5.41) is 0. The highest BCUT2D eigenvalue weighted by atomic mass is 16.6. The molecule has 0 radical (unpaired) electrons. The topological polar surface area (TPSA) is 48.0 Å². The first-order valence-corrected chi connectivity index (χ1v) is 11.2. The average Bonchev–Trinajstić information content (AvgIpc) is 3.62. The zero-order valence-electron chi connectivity index (χ0n) is 18.7. The summed E-state index contributed by atoms with van der Waals surface area (Å²) in [5.74, 6) is 7.79. The van der Waals surface area contributed by atoms with E-state index < -0.39 is 0 Å². The van der Waals surface area contributed by atoms with Gasteiger partial charge in [0.25, 0.3) is 0 Å². The number of hydrogen-bond donors (Lipinski definition) is 0. The van der Waals surface area contributed by atoms with E-state index in [4.69, 9.17) is 14.2 Å². The molecule has 1 saturated carbocycles. The highest BCUT2D eigenvalue weighted by molar-refractivity contribution is 5.89. The van der Waals surface area contributed by atoms with Gasteiger partial charge < -0.3 is 14.2 Å². The van der Waals surface area contributed by atoms with E-state index in [2.05, 4.69) is 43.9 Å². The van der Waals surface area contributed by atoms with Gasteiger partial charge in [0.15, 0.2) is 5.88 Å². The molecule has 1 unspecified atom stereocenters. The van der Waals surface area contributed by atoms with Crippen LogP contribution < -0.4 is 0 Å². The van der Waals surface area contributed by atoms with Gasteiger partial charge in [0.05, 0.1) is 19.8 Å². The molecule has 164 valence electrons. The van der Waals surface area contributed by atoms with E-state index in [1.165, 1.54) is 12.8 Å². The van der Waals surface area contributed by atoms with Gasteiger partial charge >= 0.3 is 0 Å². The summed E-state index contributed by atoms with van der Waals surface area (Å²) in [6, 6.07) is 6.35. The van der Waals surface area contributed by atoms with Crippen LogP contribution in [0.1, 0.15) is 49.3 Å². The number of amides is 1. The van der Waals surface area contributed by atoms with E-state index >= 15 is 0 Å². The Labute approximate surface area is 185 Å². The SMILES string of the molecule is CCC1=C(c2ccc(C#CC3CC3)cc2C)C=C(OCC2COCCO2)N(C)C(=O)C1. The van der Waals surface area contributed by atoms with Crippen molar-refractivity contribution in [3.63, 3.8) is 0 Å². The Morgan fingerprint density at radius 3 is 2.77 bits per heavy atom. The van der Waals surface area contributed by atoms with Gasteiger partial charge in [0.1, 0.15) is 12.7 Å². The number of hydrogen-bond acceptors (Lipinski definition) is 4. The first-order chi connectivity index (χ1) is 15.0. The molecule has 1 amide bonds. The predicted molar refractivity (Wildman–Crippen MR) is 120 cm³/mol. The van der Waals surface area contributed by atoms with E-state index in [-0.39, 0.29) is 12.0 Å². The fourth-order valence-corrected chi connectivity index (χ4v) is 3.83. The third-order valence-corrected chi connectivity index (χ3v) is 5.96. The molecule has 2 fully saturated rings. The van der Waals surface area contributed by atoms with Crippen LogP contribution in [0.4, 0.5) is 0 Å². The monoisotopic (exact) mass is 421 g/mol. The summed E-state index contributed by atoms with van der Waals surface area (Å²) in [4.78, 5) is 14.4. The Morgan fingerprint density at radius 1 is 1.26 bits per heavy atom. The van der Waals surface area contributed by atoms with Gasteiger partial charge in [-0.25, -0.2) is 0 Å². The van der Waals surface area contributed by atoms with Gasteiger partial charge in [-0.3, -0.25) is 9.69 Å². The summed E-state index contributed by atoms with van der Waals surface area (Å²) >= 11 is 0. The summed E-state index contributed by atoms with van der Waals surface area (Å²) in [7, 11) is 1.77. The Morgan fingerprint density at radius 2 is 2.10 bits per heavy atom. The molecule has 5 heteroatoms. The number of carbonyl (C=O) groups is 1. The molecule has 2 heterocycles. The van der Waals surface area contributed by atoms with Gasteiger partial charge in [0, 0.05) is 31.0 Å². The first-order valence-electron chi connectivity index (χ1n) is 11.2. The van der Waals surface area contributed by atoms with Crippen molar-refractivity contribution in [3.05, 3.63) is 52.4 Å². The lowest BCUT2D eigenvalue weighted by Crippen LogP contribution is -2.34. The molecule has 0 spiro atoms. The van der Waals surface area contributed by atoms with E-state index in [0.29, 0.717) is 44.6 Å². The van der Waals surface area contributed by atoms with Crippen LogP contribution in [0.5, 0.6) is 0 Å². The van der Waals surface area contributed by atoms with Crippen molar-refractivity contribution in [2.75, 3.05) is 33.5 Å². The minimum Gasteiger partial charge on any atom is -0.476 e. The second-order valence-corrected chi connectivity index (χ2v) is 8.43. The zero-order chi connectivity index (χ0) is 21.8. The number of rotatable bonds is 5. The molecule has 1 aliphatic carbocycles. The molecule has 3 aliphatic rings. The van der Waals surface area contributed by atoms with Gasteiger partial charge in [0.2, 0.25) is 5.91 Å². The lowest BCUT2D eigenvalue weighted by molar-refractivity contribution is -0.133. The molecule has 1 saturated heterocycles. The third kappa shape index (κ3) is 5.39. The molecular weight excluding hydrogens is 390 g/mol. The van der Waals surface area contributed by atoms with Crippen molar-refractivity contribution in [2.24, 2.45) is 5.92 Å². The van der Waals surface area contributed by atoms with Crippen LogP contribution in [0, 0.1) is 24.7 Å². The molecule has 31 heavy (non-hydrogen) atoms. The maximum absolute atomic E-state index is 12.8. The summed E-state index contributed by atoms with van der Waals surface area (Å²) in [6.07, 6.45) is 5.53. The largest absolute Gasteiger partial charge is 0.476 e. The first kappa shape index (κ1) is 21.7. The summed E-state index contributed by atoms with van der Waals surface area (Å²) < 4.78 is 17.2. The highest BCUT2D eigenvalue weighted by Crippen LogP contribution is 2.33. The standard InChI is InChI=1S/C26H31NO4/c1-4-21-14-25(28)27(3)26(31-17-22-16-29-11-12-30-22)15-24(21)23-10-9-20(13-18(23)2)8-7-19-5-6-19/h9-10,13,15,19,22H,4-6,11-12,14,16-17H2,1-3H3. The number of allylic oxidation sites excluding steroid dienone is 2. The van der Waals surface area contributed by atoms with Crippen LogP contribution in [-0.2, 0) is 19.0 Å². The Balaban J connectivity index is 1.62. The van der Waals surface area contributed by atoms with Crippen molar-refractivity contribution in [1.82, 2.24) is 4.90 Å². The van der Waals surface area contributed by atoms with Crippen molar-refractivity contribution in [3.8, 4) is 11.8 Å². The number of benzene rings is 1. The number of carbonyl (C=O) groups excluding carboxylic acids is 1. The van der Waals surface area contributed by atoms with Gasteiger partial charge in [-0.1, -0.05) is 30.4 Å². The zero-order valence-corrected chi connectivity index (χ0v) is 18.7. The smallest absolute Gasteiger partial charge is 0.233 e. The molecule has 1 aromatic carbocycles. The van der Waals surface area contributed by atoms with Crippen molar-refractivity contribution in [2.45, 2.75) is 45.6 Å². The van der Waals surface area contributed by atoms with Crippen LogP contribution in [0.15, 0.2) is 35.7 Å². The van der Waals surface area contributed by atoms with Crippen LogP contribution in [0.25, 0.3) is 5.57 Å². The lowest BCUT2D eigenvalue weighted by Gasteiger charge is -2.26. The van der Waals surface area contributed by atoms with Gasteiger partial charge in [-0.2, -0.15) is 0 Å². The molecular formula is C26H31NO4. The molecule has 0 bridgehead atoms. The quantitative estimate of drug-likeness (QED) is 0.673. The Kier molecular flexibility index (Phi) is 6.80. The van der Waals surface area contributed by atoms with Crippen molar-refractivity contribution >= 4 is 11.5 Å². The van der Waals surface area contributed by atoms with Gasteiger partial charge in [-0.15, -0.1) is 0 Å². The van der Waals surface area contributed by atoms with E-state index in [0.717, 1.165) is 34.3 Å². The van der Waals surface area contributed by atoms with Crippen molar-refractivity contribution < 1.29 is 19.0 Å². The van der Waals surface area contributed by atoms with E-state index in [1.54, 1.807) is 11.9 Å². The van der Waals surface area contributed by atoms with E-state index in [9.17, 15) is 4.79 Å². The Hall–Kier alpha value is -2.55. The second kappa shape index (κ2) is 9.72. The molecule has 1 atom stereocenters. The maximum atomic E-state index is 12.8. The summed E-state index contributed by atoms with van der Waals surface area (Å²) in [5.41, 5.74) is 5.50. The van der Waals surface area contributed by atoms with Crippen LogP contribution in [0.3, 0.4) is 0 Å². The minimum absolute atomic E-state index is 0.0310. The molecule has 0 N–H and O–H groups in total. The average molecular weight is 422 g/mol. The fourth-order valence-electron chi connectivity index (χ4n) is 3.83. The summed E-state index contributed by atoms with van der Waals surface area (Å²) in [6.45, 7) is 6.26. The number of nitrogens with zero attached hydrogens (tertiary/aromatic N) is 1. The number of ether oxygens (including phenoxy) is 3. The van der Waals surface area contributed by atoms with Gasteiger partial charge in [-0.05, 0) is 55.0 Å². The third-order valence-electron chi connectivity index (χ3n) is 5.96. The van der Waals surface area contributed by atoms with E-state index in [1.807, 2.05) is 6.08 Å². The lowest BCUT2D eigenvalue weighted by atomic mass is 9.92. The number of aryl methyl sites for hydroxylation is 1. The van der Waals surface area contributed by atoms with Crippen molar-refractivity contribution in [1.29, 1.82) is 0 Å². The molecule has 5 nitrogen and oxygen atoms in total. The van der Waals surface area contributed by atoms with Crippen LogP contribution in [-0.4, -0.2) is 50.4 Å². The molecule has 1 aromatic rings.